The Bertz CT molecular complexity index is 1130. The molecule has 0 fully saturated rings. The Kier molecular flexibility index (Phi) is 6.99. The molecule has 3 rings (SSSR count). The number of carbonyl (C=O) groups is 1. The number of hydrogen-bond acceptors (Lipinski definition) is 4. The van der Waals surface area contributed by atoms with Crippen LogP contribution in [0.1, 0.15) is 5.56 Å². The second kappa shape index (κ2) is 9.48. The molecule has 0 saturated heterocycles. The molecule has 0 atom stereocenters. The van der Waals surface area contributed by atoms with Crippen molar-refractivity contribution in [1.82, 2.24) is 0 Å². The summed E-state index contributed by atoms with van der Waals surface area (Å²) in [4.78, 5) is 13.0. The quantitative estimate of drug-likeness (QED) is 0.453. The zero-order valence-corrected chi connectivity index (χ0v) is 19.5. The topological polar surface area (TPSA) is 75.7 Å². The fourth-order valence-corrected chi connectivity index (χ4v) is 4.68. The number of rotatable bonds is 7. The molecule has 0 bridgehead atoms. The normalized spacial score (nSPS) is 11.0. The van der Waals surface area contributed by atoms with Gasteiger partial charge in [-0.1, -0.05) is 24.3 Å². The number of nitrogens with one attached hydrogen (secondary N) is 1. The van der Waals surface area contributed by atoms with Crippen LogP contribution < -0.4 is 14.4 Å². The van der Waals surface area contributed by atoms with Crippen LogP contribution in [0.4, 0.5) is 11.4 Å². The molecule has 0 saturated carbocycles. The fraction of sp³-hybridized carbons (Fsp3) is 0.136. The number of anilines is 2. The van der Waals surface area contributed by atoms with Crippen molar-refractivity contribution in [2.75, 3.05) is 23.3 Å². The third-order valence-corrected chi connectivity index (χ3v) is 6.87. The average molecular weight is 536 g/mol. The summed E-state index contributed by atoms with van der Waals surface area (Å²) in [6.45, 7) is 1.52. The molecule has 3 aromatic carbocycles. The van der Waals surface area contributed by atoms with Crippen LogP contribution in [0.2, 0.25) is 0 Å². The van der Waals surface area contributed by atoms with Gasteiger partial charge in [0.05, 0.1) is 23.4 Å². The number of nitrogens with zero attached hydrogens (tertiary/aromatic N) is 1. The van der Waals surface area contributed by atoms with E-state index in [1.807, 2.05) is 13.0 Å². The molecule has 0 aliphatic carbocycles. The fourth-order valence-electron chi connectivity index (χ4n) is 2.88. The Balaban J connectivity index is 1.94. The van der Waals surface area contributed by atoms with Gasteiger partial charge in [-0.05, 0) is 83.6 Å². The number of halogens is 1. The second-order valence-electron chi connectivity index (χ2n) is 6.55. The van der Waals surface area contributed by atoms with E-state index in [-0.39, 0.29) is 11.4 Å². The zero-order chi connectivity index (χ0) is 21.7. The van der Waals surface area contributed by atoms with E-state index in [0.717, 1.165) is 13.4 Å². The van der Waals surface area contributed by atoms with Gasteiger partial charge in [-0.25, -0.2) is 8.42 Å². The van der Waals surface area contributed by atoms with E-state index in [4.69, 9.17) is 4.74 Å². The molecular formula is C22H21IN2O4S. The standard InChI is InChI=1S/C22H21IN2O4S/c1-16-8-13-21(29-2)20(14-16)24-22(26)15-25(18-11-9-17(23)10-12-18)30(27,28)19-6-4-3-5-7-19/h3-14H,15H2,1-2H3,(H,24,26). The monoisotopic (exact) mass is 536 g/mol. The van der Waals surface area contributed by atoms with Crippen molar-refractivity contribution in [3.63, 3.8) is 0 Å². The summed E-state index contributed by atoms with van der Waals surface area (Å²) in [5, 5.41) is 2.77. The molecule has 1 N–H and O–H groups in total. The molecule has 0 spiro atoms. The van der Waals surface area contributed by atoms with Crippen molar-refractivity contribution in [1.29, 1.82) is 0 Å². The highest BCUT2D eigenvalue weighted by molar-refractivity contribution is 14.1. The van der Waals surface area contributed by atoms with E-state index in [1.54, 1.807) is 54.6 Å². The van der Waals surface area contributed by atoms with Gasteiger partial charge in [0.15, 0.2) is 0 Å². The third kappa shape index (κ3) is 5.11. The number of aryl methyl sites for hydroxylation is 1. The van der Waals surface area contributed by atoms with Crippen molar-refractivity contribution < 1.29 is 17.9 Å². The van der Waals surface area contributed by atoms with Crippen molar-refractivity contribution in [3.05, 3.63) is 81.9 Å². The predicted octanol–water partition coefficient (Wildman–Crippen LogP) is 4.44. The lowest BCUT2D eigenvalue weighted by atomic mass is 10.2. The summed E-state index contributed by atoms with van der Waals surface area (Å²) in [6, 6.07) is 20.4. The van der Waals surface area contributed by atoms with Crippen LogP contribution >= 0.6 is 22.6 Å². The molecule has 156 valence electrons. The molecule has 6 nitrogen and oxygen atoms in total. The Labute approximate surface area is 190 Å². The van der Waals surface area contributed by atoms with Crippen LogP contribution in [0.5, 0.6) is 5.75 Å². The highest BCUT2D eigenvalue weighted by Crippen LogP contribution is 2.27. The van der Waals surface area contributed by atoms with Crippen molar-refractivity contribution >= 4 is 49.9 Å². The maximum atomic E-state index is 13.3. The van der Waals surface area contributed by atoms with E-state index in [0.29, 0.717) is 17.1 Å². The van der Waals surface area contributed by atoms with Gasteiger partial charge < -0.3 is 10.1 Å². The summed E-state index contributed by atoms with van der Waals surface area (Å²) in [5.41, 5.74) is 1.84. The number of methoxy groups -OCH3 is 1. The highest BCUT2D eigenvalue weighted by Gasteiger charge is 2.27. The van der Waals surface area contributed by atoms with Gasteiger partial charge in [0.2, 0.25) is 5.91 Å². The van der Waals surface area contributed by atoms with Gasteiger partial charge in [-0.3, -0.25) is 9.10 Å². The maximum absolute atomic E-state index is 13.3. The number of sulfonamides is 1. The minimum absolute atomic E-state index is 0.115. The van der Waals surface area contributed by atoms with Crippen molar-refractivity contribution in [3.8, 4) is 5.75 Å². The largest absolute Gasteiger partial charge is 0.495 e. The average Bonchev–Trinajstić information content (AvgIpc) is 2.73. The maximum Gasteiger partial charge on any atom is 0.264 e. The van der Waals surface area contributed by atoms with Gasteiger partial charge in [0, 0.05) is 3.57 Å². The molecule has 3 aromatic rings. The van der Waals surface area contributed by atoms with Crippen LogP contribution in [0.25, 0.3) is 0 Å². The van der Waals surface area contributed by atoms with Crippen molar-refractivity contribution in [2.45, 2.75) is 11.8 Å². The molecule has 8 heteroatoms. The molecule has 0 radical (unpaired) electrons. The predicted molar refractivity (Wildman–Crippen MR) is 126 cm³/mol. The first-order valence-electron chi connectivity index (χ1n) is 9.09. The second-order valence-corrected chi connectivity index (χ2v) is 9.66. The van der Waals surface area contributed by atoms with E-state index in [1.165, 1.54) is 19.2 Å². The summed E-state index contributed by atoms with van der Waals surface area (Å²) in [6.07, 6.45) is 0. The number of carbonyl (C=O) groups excluding carboxylic acids is 1. The summed E-state index contributed by atoms with van der Waals surface area (Å²) in [5.74, 6) is 0.0256. The molecule has 1 amide bonds. The van der Waals surface area contributed by atoms with Crippen LogP contribution in [0, 0.1) is 10.5 Å². The van der Waals surface area contributed by atoms with Gasteiger partial charge in [0.25, 0.3) is 10.0 Å². The smallest absolute Gasteiger partial charge is 0.264 e. The van der Waals surface area contributed by atoms with Gasteiger partial charge >= 0.3 is 0 Å². The summed E-state index contributed by atoms with van der Waals surface area (Å²) < 4.78 is 34.0. The number of benzene rings is 3. The molecule has 0 unspecified atom stereocenters. The molecule has 0 aliphatic rings. The zero-order valence-electron chi connectivity index (χ0n) is 16.5. The number of amides is 1. The summed E-state index contributed by atoms with van der Waals surface area (Å²) in [7, 11) is -2.43. The summed E-state index contributed by atoms with van der Waals surface area (Å²) >= 11 is 2.14. The lowest BCUT2D eigenvalue weighted by molar-refractivity contribution is -0.114. The molecular weight excluding hydrogens is 515 g/mol. The van der Waals surface area contributed by atoms with Gasteiger partial charge in [-0.2, -0.15) is 0 Å². The van der Waals surface area contributed by atoms with E-state index < -0.39 is 15.9 Å². The third-order valence-electron chi connectivity index (χ3n) is 4.36. The van der Waals surface area contributed by atoms with E-state index >= 15 is 0 Å². The highest BCUT2D eigenvalue weighted by atomic mass is 127. The Morgan fingerprint density at radius 1 is 1.03 bits per heavy atom. The van der Waals surface area contributed by atoms with Gasteiger partial charge in [-0.15, -0.1) is 0 Å². The van der Waals surface area contributed by atoms with E-state index in [2.05, 4.69) is 27.9 Å². The van der Waals surface area contributed by atoms with Crippen LogP contribution in [-0.4, -0.2) is 28.0 Å². The van der Waals surface area contributed by atoms with Crippen LogP contribution in [0.3, 0.4) is 0 Å². The Hall–Kier alpha value is -2.59. The first-order chi connectivity index (χ1) is 14.3. The van der Waals surface area contributed by atoms with Gasteiger partial charge in [0.1, 0.15) is 12.3 Å². The van der Waals surface area contributed by atoms with Crippen molar-refractivity contribution in [2.24, 2.45) is 0 Å². The molecule has 30 heavy (non-hydrogen) atoms. The Morgan fingerprint density at radius 2 is 1.70 bits per heavy atom. The number of hydrogen-bond donors (Lipinski definition) is 1. The SMILES string of the molecule is COc1ccc(C)cc1NC(=O)CN(c1ccc(I)cc1)S(=O)(=O)c1ccccc1. The molecule has 0 aliphatic heterocycles. The minimum Gasteiger partial charge on any atom is -0.495 e. The minimum atomic E-state index is -3.94. The lowest BCUT2D eigenvalue weighted by Crippen LogP contribution is -2.38. The lowest BCUT2D eigenvalue weighted by Gasteiger charge is -2.24. The van der Waals surface area contributed by atoms with E-state index in [9.17, 15) is 13.2 Å². The first kappa shape index (κ1) is 22.1. The first-order valence-corrected chi connectivity index (χ1v) is 11.6. The van der Waals surface area contributed by atoms with Crippen LogP contribution in [-0.2, 0) is 14.8 Å². The molecule has 0 aromatic heterocycles. The molecule has 0 heterocycles. The van der Waals surface area contributed by atoms with Crippen LogP contribution in [0.15, 0.2) is 77.7 Å². The Morgan fingerprint density at radius 3 is 2.33 bits per heavy atom. The number of ether oxygens (including phenoxy) is 1.